The van der Waals surface area contributed by atoms with Crippen LogP contribution in [0.3, 0.4) is 0 Å². The molecule has 0 spiro atoms. The second-order valence-corrected chi connectivity index (χ2v) is 11.5. The molecule has 0 aromatic heterocycles. The Morgan fingerprint density at radius 3 is 2.16 bits per heavy atom. The van der Waals surface area contributed by atoms with Crippen molar-refractivity contribution in [3.63, 3.8) is 0 Å². The van der Waals surface area contributed by atoms with Gasteiger partial charge in [0, 0.05) is 12.5 Å². The number of methoxy groups -OCH3 is 1. The molecule has 2 aliphatic carbocycles. The van der Waals surface area contributed by atoms with Crippen molar-refractivity contribution in [2.75, 3.05) is 13.7 Å². The van der Waals surface area contributed by atoms with Gasteiger partial charge in [0.2, 0.25) is 5.91 Å². The van der Waals surface area contributed by atoms with Crippen LogP contribution in [0.25, 0.3) is 0 Å². The largest absolute Gasteiger partial charge is 0.467 e. The Labute approximate surface area is 192 Å². The number of esters is 1. The summed E-state index contributed by atoms with van der Waals surface area (Å²) >= 11 is 0. The third-order valence-corrected chi connectivity index (χ3v) is 7.61. The SMILES string of the molecule is COC(=O)[C@@H]1[C@@H]2[C@H](CN1C(=O)[C@@H](NC(=O)OC(C)(C)C)C(C)(C)C1CC1)[C@@H](C)C=C[C@H]2C. The van der Waals surface area contributed by atoms with E-state index in [9.17, 15) is 14.4 Å². The number of rotatable bonds is 5. The number of ether oxygens (including phenoxy) is 2. The summed E-state index contributed by atoms with van der Waals surface area (Å²) in [6.45, 7) is 14.1. The predicted molar refractivity (Wildman–Crippen MR) is 122 cm³/mol. The number of hydrogen-bond acceptors (Lipinski definition) is 5. The van der Waals surface area contributed by atoms with Crippen LogP contribution in [0.15, 0.2) is 12.2 Å². The van der Waals surface area contributed by atoms with Crippen LogP contribution in [0.2, 0.25) is 0 Å². The fourth-order valence-corrected chi connectivity index (χ4v) is 5.57. The lowest BCUT2D eigenvalue weighted by Gasteiger charge is -2.38. The number of nitrogens with one attached hydrogen (secondary N) is 1. The fourth-order valence-electron chi connectivity index (χ4n) is 5.57. The Kier molecular flexibility index (Phi) is 6.69. The van der Waals surface area contributed by atoms with E-state index in [2.05, 4.69) is 31.3 Å². The fraction of sp³-hybridized carbons (Fsp3) is 0.800. The van der Waals surface area contributed by atoms with E-state index in [1.165, 1.54) is 7.11 Å². The number of carbonyl (C=O) groups is 3. The molecule has 0 unspecified atom stereocenters. The third kappa shape index (κ3) is 4.81. The molecule has 2 fully saturated rings. The van der Waals surface area contributed by atoms with E-state index in [1.807, 2.05) is 13.8 Å². The number of nitrogens with zero attached hydrogens (tertiary/aromatic N) is 1. The van der Waals surface area contributed by atoms with Gasteiger partial charge < -0.3 is 19.7 Å². The molecular formula is C25H40N2O5. The van der Waals surface area contributed by atoms with Crippen molar-refractivity contribution in [2.24, 2.45) is 35.0 Å². The summed E-state index contributed by atoms with van der Waals surface area (Å²) in [5.74, 6) is 0.318. The average molecular weight is 449 g/mol. The van der Waals surface area contributed by atoms with Crippen molar-refractivity contribution < 1.29 is 23.9 Å². The van der Waals surface area contributed by atoms with E-state index in [1.54, 1.807) is 25.7 Å². The molecule has 1 saturated carbocycles. The first-order valence-corrected chi connectivity index (χ1v) is 11.8. The zero-order valence-electron chi connectivity index (χ0n) is 20.8. The zero-order valence-corrected chi connectivity index (χ0v) is 20.8. The first kappa shape index (κ1) is 24.6. The summed E-state index contributed by atoms with van der Waals surface area (Å²) in [5.41, 5.74) is -1.13. The molecule has 2 amide bonds. The van der Waals surface area contributed by atoms with Gasteiger partial charge in [-0.2, -0.15) is 0 Å². The summed E-state index contributed by atoms with van der Waals surface area (Å²) in [6, 6.07) is -1.44. The summed E-state index contributed by atoms with van der Waals surface area (Å²) in [7, 11) is 1.37. The van der Waals surface area contributed by atoms with Crippen LogP contribution >= 0.6 is 0 Å². The number of alkyl carbamates (subject to hydrolysis) is 1. The van der Waals surface area contributed by atoms with Gasteiger partial charge in [0.1, 0.15) is 17.7 Å². The quantitative estimate of drug-likeness (QED) is 0.511. The van der Waals surface area contributed by atoms with Crippen LogP contribution in [-0.2, 0) is 19.1 Å². The number of carbonyl (C=O) groups excluding carboxylic acids is 3. The molecule has 1 N–H and O–H groups in total. The van der Waals surface area contributed by atoms with Crippen molar-refractivity contribution in [1.29, 1.82) is 0 Å². The Bertz CT molecular complexity index is 780. The van der Waals surface area contributed by atoms with E-state index in [0.29, 0.717) is 12.5 Å². The lowest BCUT2D eigenvalue weighted by atomic mass is 9.71. The highest BCUT2D eigenvalue weighted by Gasteiger charge is 2.56. The van der Waals surface area contributed by atoms with E-state index in [0.717, 1.165) is 12.8 Å². The molecule has 180 valence electrons. The molecule has 0 aromatic carbocycles. The highest BCUT2D eigenvalue weighted by Crippen LogP contribution is 2.49. The van der Waals surface area contributed by atoms with E-state index in [-0.39, 0.29) is 35.5 Å². The van der Waals surface area contributed by atoms with Crippen LogP contribution < -0.4 is 5.32 Å². The van der Waals surface area contributed by atoms with Crippen LogP contribution in [-0.4, -0.2) is 54.2 Å². The predicted octanol–water partition coefficient (Wildman–Crippen LogP) is 3.77. The molecule has 3 aliphatic rings. The second-order valence-electron chi connectivity index (χ2n) is 11.5. The minimum atomic E-state index is -0.782. The lowest BCUT2D eigenvalue weighted by molar-refractivity contribution is -0.154. The van der Waals surface area contributed by atoms with Gasteiger partial charge >= 0.3 is 12.1 Å². The summed E-state index contributed by atoms with van der Waals surface area (Å²) in [5, 5.41) is 2.87. The molecule has 0 radical (unpaired) electrons. The van der Waals surface area contributed by atoms with Crippen LogP contribution in [0.5, 0.6) is 0 Å². The smallest absolute Gasteiger partial charge is 0.408 e. The van der Waals surface area contributed by atoms with Gasteiger partial charge in [-0.1, -0.05) is 39.8 Å². The number of fused-ring (bicyclic) bond motifs is 1. The van der Waals surface area contributed by atoms with Crippen LogP contribution in [0.4, 0.5) is 4.79 Å². The molecule has 6 atom stereocenters. The third-order valence-electron chi connectivity index (χ3n) is 7.61. The molecule has 7 nitrogen and oxygen atoms in total. The normalized spacial score (nSPS) is 31.0. The Hall–Kier alpha value is -2.05. The highest BCUT2D eigenvalue weighted by molar-refractivity contribution is 5.91. The minimum absolute atomic E-state index is 0.00221. The van der Waals surface area contributed by atoms with Gasteiger partial charge in [0.25, 0.3) is 0 Å². The van der Waals surface area contributed by atoms with Gasteiger partial charge in [-0.25, -0.2) is 9.59 Å². The second kappa shape index (κ2) is 8.71. The summed E-state index contributed by atoms with van der Waals surface area (Å²) in [6.07, 6.45) is 5.76. The summed E-state index contributed by atoms with van der Waals surface area (Å²) in [4.78, 5) is 41.3. The topological polar surface area (TPSA) is 84.9 Å². The molecular weight excluding hydrogens is 408 g/mol. The first-order valence-electron chi connectivity index (χ1n) is 11.8. The minimum Gasteiger partial charge on any atom is -0.467 e. The van der Waals surface area contributed by atoms with E-state index < -0.39 is 29.2 Å². The molecule has 1 aliphatic heterocycles. The molecule has 0 bridgehead atoms. The first-order chi connectivity index (χ1) is 14.8. The molecule has 32 heavy (non-hydrogen) atoms. The molecule has 0 aromatic rings. The van der Waals surface area contributed by atoms with E-state index >= 15 is 0 Å². The van der Waals surface area contributed by atoms with Crippen molar-refractivity contribution >= 4 is 18.0 Å². The van der Waals surface area contributed by atoms with Crippen molar-refractivity contribution in [1.82, 2.24) is 10.2 Å². The molecule has 3 rings (SSSR count). The van der Waals surface area contributed by atoms with Crippen molar-refractivity contribution in [3.8, 4) is 0 Å². The maximum Gasteiger partial charge on any atom is 0.408 e. The van der Waals surface area contributed by atoms with Gasteiger partial charge in [0.15, 0.2) is 0 Å². The Morgan fingerprint density at radius 1 is 1.03 bits per heavy atom. The van der Waals surface area contributed by atoms with Crippen molar-refractivity contribution in [3.05, 3.63) is 12.2 Å². The monoisotopic (exact) mass is 448 g/mol. The average Bonchev–Trinajstić information content (AvgIpc) is 3.47. The number of hydrogen-bond donors (Lipinski definition) is 1. The van der Waals surface area contributed by atoms with Crippen LogP contribution in [0, 0.1) is 35.0 Å². The Morgan fingerprint density at radius 2 is 1.62 bits per heavy atom. The van der Waals surface area contributed by atoms with Gasteiger partial charge in [-0.15, -0.1) is 0 Å². The summed E-state index contributed by atoms with van der Waals surface area (Å²) < 4.78 is 10.6. The van der Waals surface area contributed by atoms with E-state index in [4.69, 9.17) is 9.47 Å². The van der Waals surface area contributed by atoms with Crippen LogP contribution in [0.1, 0.15) is 61.3 Å². The molecule has 7 heteroatoms. The maximum atomic E-state index is 14.0. The van der Waals surface area contributed by atoms with Gasteiger partial charge in [0.05, 0.1) is 7.11 Å². The maximum absolute atomic E-state index is 14.0. The number of allylic oxidation sites excluding steroid dienone is 2. The molecule has 1 heterocycles. The number of amides is 2. The zero-order chi connectivity index (χ0) is 24.0. The highest BCUT2D eigenvalue weighted by atomic mass is 16.6. The Balaban J connectivity index is 1.93. The number of likely N-dealkylation sites (tertiary alicyclic amines) is 1. The lowest BCUT2D eigenvalue weighted by Crippen LogP contribution is -2.59. The standard InChI is InChI=1S/C25H40N2O5/c1-14-9-10-15(2)18-17(14)13-27(19(18)22(29)31-8)21(28)20(25(6,7)16-11-12-16)26-23(30)32-24(3,4)5/h9-10,14-20H,11-13H2,1-8H3,(H,26,30)/t14-,15+,17+,18-,19-,20+/m0/s1. The molecule has 1 saturated heterocycles. The van der Waals surface area contributed by atoms with Gasteiger partial charge in [-0.05, 0) is 62.7 Å². The van der Waals surface area contributed by atoms with Gasteiger partial charge in [-0.3, -0.25) is 4.79 Å². The van der Waals surface area contributed by atoms with Crippen molar-refractivity contribution in [2.45, 2.75) is 79.0 Å².